The molecule has 0 aliphatic carbocycles. The van der Waals surface area contributed by atoms with Gasteiger partial charge in [0.05, 0.1) is 17.7 Å². The van der Waals surface area contributed by atoms with Gasteiger partial charge in [-0.2, -0.15) is 0 Å². The van der Waals surface area contributed by atoms with E-state index < -0.39 is 18.0 Å². The number of ether oxygens (including phenoxy) is 2. The van der Waals surface area contributed by atoms with Crippen LogP contribution in [0.3, 0.4) is 0 Å². The van der Waals surface area contributed by atoms with Crippen LogP contribution in [-0.2, 0) is 9.53 Å². The van der Waals surface area contributed by atoms with E-state index >= 15 is 0 Å². The van der Waals surface area contributed by atoms with Gasteiger partial charge in [0.15, 0.2) is 6.10 Å². The molecule has 0 aliphatic heterocycles. The Kier molecular flexibility index (Phi) is 6.36. The molecular formula is C18H17ClFNO4. The van der Waals surface area contributed by atoms with Crippen LogP contribution in [0.1, 0.15) is 23.7 Å². The van der Waals surface area contributed by atoms with Crippen molar-refractivity contribution in [2.24, 2.45) is 0 Å². The third kappa shape index (κ3) is 4.93. The second-order valence-corrected chi connectivity index (χ2v) is 5.55. The Bertz CT molecular complexity index is 764. The second kappa shape index (κ2) is 8.48. The van der Waals surface area contributed by atoms with Crippen LogP contribution in [0.15, 0.2) is 42.5 Å². The molecule has 2 aromatic carbocycles. The molecule has 0 radical (unpaired) electrons. The van der Waals surface area contributed by atoms with Crippen LogP contribution in [-0.4, -0.2) is 25.1 Å². The van der Waals surface area contributed by atoms with Crippen molar-refractivity contribution in [3.8, 4) is 5.75 Å². The van der Waals surface area contributed by atoms with Crippen molar-refractivity contribution >= 4 is 29.2 Å². The van der Waals surface area contributed by atoms with Crippen LogP contribution in [0.2, 0.25) is 5.02 Å². The first-order valence-electron chi connectivity index (χ1n) is 7.55. The van der Waals surface area contributed by atoms with Crippen LogP contribution >= 0.6 is 11.6 Å². The highest BCUT2D eigenvalue weighted by Gasteiger charge is 2.20. The van der Waals surface area contributed by atoms with Crippen molar-refractivity contribution in [1.29, 1.82) is 0 Å². The van der Waals surface area contributed by atoms with E-state index in [0.717, 1.165) is 0 Å². The van der Waals surface area contributed by atoms with Gasteiger partial charge in [-0.15, -0.1) is 0 Å². The molecule has 1 amide bonds. The Hall–Kier alpha value is -2.60. The van der Waals surface area contributed by atoms with E-state index in [-0.39, 0.29) is 16.4 Å². The summed E-state index contributed by atoms with van der Waals surface area (Å²) in [5.74, 6) is -1.00. The number of esters is 1. The minimum atomic E-state index is -0.775. The summed E-state index contributed by atoms with van der Waals surface area (Å²) in [5, 5.41) is 2.89. The van der Waals surface area contributed by atoms with E-state index in [9.17, 15) is 14.0 Å². The molecule has 132 valence electrons. The summed E-state index contributed by atoms with van der Waals surface area (Å²) in [7, 11) is 1.24. The summed E-state index contributed by atoms with van der Waals surface area (Å²) >= 11 is 5.95. The lowest BCUT2D eigenvalue weighted by atomic mass is 10.2. The molecule has 2 aromatic rings. The molecule has 25 heavy (non-hydrogen) atoms. The molecule has 1 N–H and O–H groups in total. The Morgan fingerprint density at radius 2 is 1.88 bits per heavy atom. The van der Waals surface area contributed by atoms with Crippen molar-refractivity contribution in [2.75, 3.05) is 12.4 Å². The van der Waals surface area contributed by atoms with Crippen molar-refractivity contribution in [2.45, 2.75) is 19.4 Å². The van der Waals surface area contributed by atoms with E-state index in [0.29, 0.717) is 17.9 Å². The highest BCUT2D eigenvalue weighted by Crippen LogP contribution is 2.22. The highest BCUT2D eigenvalue weighted by atomic mass is 35.5. The minimum Gasteiger partial charge on any atom is -0.481 e. The fourth-order valence-electron chi connectivity index (χ4n) is 2.09. The van der Waals surface area contributed by atoms with Gasteiger partial charge in [-0.1, -0.05) is 18.5 Å². The highest BCUT2D eigenvalue weighted by molar-refractivity contribution is 6.33. The molecule has 0 aromatic heterocycles. The summed E-state index contributed by atoms with van der Waals surface area (Å²) in [4.78, 5) is 24.0. The van der Waals surface area contributed by atoms with Gasteiger partial charge in [-0.25, -0.2) is 9.18 Å². The molecule has 0 spiro atoms. The maximum Gasteiger partial charge on any atom is 0.339 e. The van der Waals surface area contributed by atoms with E-state index in [1.165, 1.54) is 43.5 Å². The molecule has 0 bridgehead atoms. The number of hydrogen-bond donors (Lipinski definition) is 1. The Morgan fingerprint density at radius 3 is 2.48 bits per heavy atom. The third-order valence-electron chi connectivity index (χ3n) is 3.39. The molecule has 0 saturated carbocycles. The number of carbonyl (C=O) groups is 2. The van der Waals surface area contributed by atoms with E-state index in [4.69, 9.17) is 16.3 Å². The number of hydrogen-bond acceptors (Lipinski definition) is 4. The first-order valence-corrected chi connectivity index (χ1v) is 7.93. The van der Waals surface area contributed by atoms with Crippen LogP contribution < -0.4 is 10.1 Å². The molecule has 0 saturated heterocycles. The van der Waals surface area contributed by atoms with Crippen LogP contribution in [0.25, 0.3) is 0 Å². The van der Waals surface area contributed by atoms with Crippen LogP contribution in [0.5, 0.6) is 5.75 Å². The smallest absolute Gasteiger partial charge is 0.339 e. The monoisotopic (exact) mass is 365 g/mol. The van der Waals surface area contributed by atoms with E-state index in [2.05, 4.69) is 10.1 Å². The SMILES string of the molecule is CCC(Oc1ccc(F)cc1)C(=O)Nc1ccc(Cl)c(C(=O)OC)c1. The fourth-order valence-corrected chi connectivity index (χ4v) is 2.29. The van der Waals surface area contributed by atoms with Gasteiger partial charge >= 0.3 is 5.97 Å². The average Bonchev–Trinajstić information content (AvgIpc) is 2.62. The van der Waals surface area contributed by atoms with Crippen LogP contribution in [0, 0.1) is 5.82 Å². The van der Waals surface area contributed by atoms with Crippen molar-refractivity contribution in [3.05, 3.63) is 58.9 Å². The lowest BCUT2D eigenvalue weighted by Gasteiger charge is -2.17. The molecule has 1 atom stereocenters. The molecule has 7 heteroatoms. The lowest BCUT2D eigenvalue weighted by Crippen LogP contribution is -2.32. The van der Waals surface area contributed by atoms with Gasteiger partial charge in [-0.3, -0.25) is 4.79 Å². The molecule has 0 fully saturated rings. The zero-order chi connectivity index (χ0) is 18.4. The zero-order valence-corrected chi connectivity index (χ0v) is 14.5. The minimum absolute atomic E-state index is 0.148. The first-order chi connectivity index (χ1) is 11.9. The Morgan fingerprint density at radius 1 is 1.20 bits per heavy atom. The van der Waals surface area contributed by atoms with Gasteiger partial charge in [-0.05, 0) is 48.9 Å². The third-order valence-corrected chi connectivity index (χ3v) is 3.72. The number of halogens is 2. The standard InChI is InChI=1S/C18H17ClFNO4/c1-3-16(25-13-7-4-11(20)5-8-13)17(22)21-12-6-9-15(19)14(10-12)18(23)24-2/h4-10,16H,3H2,1-2H3,(H,21,22). The van der Waals surface area contributed by atoms with Crippen molar-refractivity contribution < 1.29 is 23.5 Å². The molecule has 1 unspecified atom stereocenters. The van der Waals surface area contributed by atoms with E-state index in [1.807, 2.05) is 0 Å². The van der Waals surface area contributed by atoms with Crippen molar-refractivity contribution in [3.63, 3.8) is 0 Å². The predicted molar refractivity (Wildman–Crippen MR) is 92.5 cm³/mol. The summed E-state index contributed by atoms with van der Waals surface area (Å²) in [6.45, 7) is 1.79. The zero-order valence-electron chi connectivity index (χ0n) is 13.7. The predicted octanol–water partition coefficient (Wildman–Crippen LogP) is 4.06. The number of rotatable bonds is 6. The first kappa shape index (κ1) is 18.7. The van der Waals surface area contributed by atoms with Crippen LogP contribution in [0.4, 0.5) is 10.1 Å². The van der Waals surface area contributed by atoms with Gasteiger partial charge in [0, 0.05) is 5.69 Å². The number of anilines is 1. The fraction of sp³-hybridized carbons (Fsp3) is 0.222. The summed E-state index contributed by atoms with van der Waals surface area (Å²) in [6, 6.07) is 9.88. The largest absolute Gasteiger partial charge is 0.481 e. The second-order valence-electron chi connectivity index (χ2n) is 5.14. The van der Waals surface area contributed by atoms with Gasteiger partial charge < -0.3 is 14.8 Å². The Labute approximate surface area is 149 Å². The summed E-state index contributed by atoms with van der Waals surface area (Å²) in [6.07, 6.45) is -0.372. The Balaban J connectivity index is 2.11. The summed E-state index contributed by atoms with van der Waals surface area (Å²) < 4.78 is 23.2. The maximum absolute atomic E-state index is 12.9. The number of methoxy groups -OCH3 is 1. The number of nitrogens with one attached hydrogen (secondary N) is 1. The van der Waals surface area contributed by atoms with Crippen molar-refractivity contribution in [1.82, 2.24) is 0 Å². The van der Waals surface area contributed by atoms with Gasteiger partial charge in [0.1, 0.15) is 11.6 Å². The number of benzene rings is 2. The lowest BCUT2D eigenvalue weighted by molar-refractivity contribution is -0.122. The number of carbonyl (C=O) groups excluding carboxylic acids is 2. The maximum atomic E-state index is 12.9. The average molecular weight is 366 g/mol. The molecule has 0 heterocycles. The normalized spacial score (nSPS) is 11.5. The molecule has 0 aliphatic rings. The van der Waals surface area contributed by atoms with Gasteiger partial charge in [0.2, 0.25) is 0 Å². The molecular weight excluding hydrogens is 349 g/mol. The topological polar surface area (TPSA) is 64.6 Å². The molecule has 2 rings (SSSR count). The van der Waals surface area contributed by atoms with E-state index in [1.54, 1.807) is 13.0 Å². The number of amides is 1. The quantitative estimate of drug-likeness (QED) is 0.784. The molecule has 5 nitrogen and oxygen atoms in total. The van der Waals surface area contributed by atoms with Gasteiger partial charge in [0.25, 0.3) is 5.91 Å². The summed E-state index contributed by atoms with van der Waals surface area (Å²) in [5.41, 5.74) is 0.533.